The lowest BCUT2D eigenvalue weighted by Gasteiger charge is -2.39. The lowest BCUT2D eigenvalue weighted by Crippen LogP contribution is -2.56. The average Bonchev–Trinajstić information content (AvgIpc) is 2.70. The molecule has 1 saturated carbocycles. The molecule has 2 aromatic carbocycles. The minimum atomic E-state index is -1.36. The molecule has 6 nitrogen and oxygen atoms in total. The maximum absolute atomic E-state index is 10.3. The van der Waals surface area contributed by atoms with Crippen molar-refractivity contribution in [1.29, 1.82) is 0 Å². The normalized spacial score (nSPS) is 27.4. The Kier molecular flexibility index (Phi) is 6.57. The molecule has 0 unspecified atom stereocenters. The molecule has 4 N–H and O–H groups in total. The fraction of sp³-hybridized carbons (Fsp3) is 0.455. The van der Waals surface area contributed by atoms with Gasteiger partial charge in [0.05, 0.1) is 13.2 Å². The van der Waals surface area contributed by atoms with Crippen LogP contribution in [0, 0.1) is 12.8 Å². The summed E-state index contributed by atoms with van der Waals surface area (Å²) in [7, 11) is 1.63. The molecule has 1 aliphatic carbocycles. The summed E-state index contributed by atoms with van der Waals surface area (Å²) >= 11 is 0. The van der Waals surface area contributed by atoms with Gasteiger partial charge in [0.1, 0.15) is 29.8 Å². The van der Waals surface area contributed by atoms with Crippen LogP contribution in [-0.2, 0) is 6.42 Å². The number of rotatable bonds is 6. The summed E-state index contributed by atoms with van der Waals surface area (Å²) in [5, 5.41) is 39.9. The fourth-order valence-corrected chi connectivity index (χ4v) is 3.67. The lowest BCUT2D eigenvalue weighted by molar-refractivity contribution is -0.157. The van der Waals surface area contributed by atoms with Crippen LogP contribution < -0.4 is 9.47 Å². The summed E-state index contributed by atoms with van der Waals surface area (Å²) in [5.74, 6) is 0.863. The van der Waals surface area contributed by atoms with Gasteiger partial charge in [-0.1, -0.05) is 29.8 Å². The van der Waals surface area contributed by atoms with Crippen LogP contribution in [-0.4, -0.2) is 58.6 Å². The Morgan fingerprint density at radius 1 is 0.964 bits per heavy atom. The third-order valence-electron chi connectivity index (χ3n) is 5.38. The summed E-state index contributed by atoms with van der Waals surface area (Å²) < 4.78 is 11.3. The van der Waals surface area contributed by atoms with E-state index in [1.165, 1.54) is 0 Å². The van der Waals surface area contributed by atoms with E-state index in [1.54, 1.807) is 7.11 Å². The Bertz CT molecular complexity index is 773. The summed E-state index contributed by atoms with van der Waals surface area (Å²) in [4.78, 5) is 0. The number of benzene rings is 2. The molecule has 6 heteroatoms. The van der Waals surface area contributed by atoms with Crippen LogP contribution in [0.4, 0.5) is 0 Å². The quantitative estimate of drug-likeness (QED) is 0.598. The van der Waals surface area contributed by atoms with E-state index in [-0.39, 0.29) is 13.0 Å². The van der Waals surface area contributed by atoms with Crippen LogP contribution in [0.1, 0.15) is 23.1 Å². The van der Waals surface area contributed by atoms with Crippen molar-refractivity contribution in [3.63, 3.8) is 0 Å². The van der Waals surface area contributed by atoms with E-state index < -0.39 is 30.3 Å². The predicted octanol–water partition coefficient (Wildman–Crippen LogP) is 1.44. The maximum Gasteiger partial charge on any atom is 0.128 e. The number of ether oxygens (including phenoxy) is 2. The van der Waals surface area contributed by atoms with Gasteiger partial charge in [-0.05, 0) is 42.7 Å². The van der Waals surface area contributed by atoms with Crippen molar-refractivity contribution in [3.8, 4) is 11.5 Å². The minimum absolute atomic E-state index is 0.256. The SMILES string of the molecule is COc1ccc(Cc2cc(C)ccc2O[C@@H]2C[C@H](CO)[C@@H](O)[C@H](O)[C@H]2O)cc1. The highest BCUT2D eigenvalue weighted by molar-refractivity contribution is 5.41. The van der Waals surface area contributed by atoms with Gasteiger partial charge in [0, 0.05) is 18.9 Å². The second-order valence-corrected chi connectivity index (χ2v) is 7.44. The van der Waals surface area contributed by atoms with Crippen molar-refractivity contribution in [3.05, 3.63) is 59.2 Å². The predicted molar refractivity (Wildman–Crippen MR) is 105 cm³/mol. The second-order valence-electron chi connectivity index (χ2n) is 7.44. The zero-order valence-corrected chi connectivity index (χ0v) is 16.2. The van der Waals surface area contributed by atoms with Crippen LogP contribution in [0.5, 0.6) is 11.5 Å². The van der Waals surface area contributed by atoms with Gasteiger partial charge in [0.25, 0.3) is 0 Å². The fourth-order valence-electron chi connectivity index (χ4n) is 3.67. The van der Waals surface area contributed by atoms with Crippen LogP contribution in [0.2, 0.25) is 0 Å². The van der Waals surface area contributed by atoms with Crippen LogP contribution in [0.25, 0.3) is 0 Å². The third kappa shape index (κ3) is 4.47. The third-order valence-corrected chi connectivity index (χ3v) is 5.38. The number of aliphatic hydroxyl groups excluding tert-OH is 4. The van der Waals surface area contributed by atoms with Crippen molar-refractivity contribution >= 4 is 0 Å². The molecule has 1 fully saturated rings. The minimum Gasteiger partial charge on any atom is -0.497 e. The van der Waals surface area contributed by atoms with Gasteiger partial charge >= 0.3 is 0 Å². The number of hydrogen-bond donors (Lipinski definition) is 4. The van der Waals surface area contributed by atoms with Gasteiger partial charge in [-0.2, -0.15) is 0 Å². The smallest absolute Gasteiger partial charge is 0.128 e. The first kappa shape index (κ1) is 20.6. The average molecular weight is 388 g/mol. The van der Waals surface area contributed by atoms with Crippen LogP contribution >= 0.6 is 0 Å². The van der Waals surface area contributed by atoms with Crippen molar-refractivity contribution in [2.45, 2.75) is 44.2 Å². The van der Waals surface area contributed by atoms with E-state index in [9.17, 15) is 20.4 Å². The highest BCUT2D eigenvalue weighted by Crippen LogP contribution is 2.31. The molecular weight excluding hydrogens is 360 g/mol. The Morgan fingerprint density at radius 2 is 1.68 bits per heavy atom. The molecule has 0 saturated heterocycles. The molecule has 1 aliphatic rings. The van der Waals surface area contributed by atoms with Gasteiger partial charge < -0.3 is 29.9 Å². The Balaban J connectivity index is 1.81. The first-order valence-corrected chi connectivity index (χ1v) is 9.47. The largest absolute Gasteiger partial charge is 0.497 e. The van der Waals surface area contributed by atoms with Gasteiger partial charge in [-0.15, -0.1) is 0 Å². The molecule has 3 rings (SSSR count). The molecule has 0 radical (unpaired) electrons. The Labute approximate surface area is 165 Å². The standard InChI is InChI=1S/C22H28O6/c1-13-3-8-18(15(9-13)10-14-4-6-17(27-2)7-5-14)28-19-11-16(12-23)20(24)22(26)21(19)25/h3-9,16,19-26H,10-12H2,1-2H3/t16-,19-,20-,21+,22+/m1/s1. The molecule has 2 aromatic rings. The first-order valence-electron chi connectivity index (χ1n) is 9.47. The highest BCUT2D eigenvalue weighted by Gasteiger charge is 2.43. The molecule has 28 heavy (non-hydrogen) atoms. The number of methoxy groups -OCH3 is 1. The molecule has 0 aromatic heterocycles. The number of aliphatic hydroxyl groups is 4. The van der Waals surface area contributed by atoms with E-state index >= 15 is 0 Å². The summed E-state index contributed by atoms with van der Waals surface area (Å²) in [6.07, 6.45) is -3.58. The van der Waals surface area contributed by atoms with Crippen molar-refractivity contribution in [2.24, 2.45) is 5.92 Å². The summed E-state index contributed by atoms with van der Waals surface area (Å²) in [6, 6.07) is 13.6. The Morgan fingerprint density at radius 3 is 2.32 bits per heavy atom. The van der Waals surface area contributed by atoms with Gasteiger partial charge in [0.2, 0.25) is 0 Å². The van der Waals surface area contributed by atoms with E-state index in [0.717, 1.165) is 22.4 Å². The first-order chi connectivity index (χ1) is 13.4. The van der Waals surface area contributed by atoms with Crippen LogP contribution in [0.3, 0.4) is 0 Å². The van der Waals surface area contributed by atoms with E-state index in [1.807, 2.05) is 49.4 Å². The maximum atomic E-state index is 10.3. The number of hydrogen-bond acceptors (Lipinski definition) is 6. The topological polar surface area (TPSA) is 99.4 Å². The van der Waals surface area contributed by atoms with Gasteiger partial charge in [-0.3, -0.25) is 0 Å². The zero-order valence-electron chi connectivity index (χ0n) is 16.2. The molecule has 0 heterocycles. The molecule has 5 atom stereocenters. The van der Waals surface area contributed by atoms with E-state index in [0.29, 0.717) is 12.2 Å². The van der Waals surface area contributed by atoms with Gasteiger partial charge in [0.15, 0.2) is 0 Å². The molecule has 0 spiro atoms. The van der Waals surface area contributed by atoms with Crippen molar-refractivity contribution < 1.29 is 29.9 Å². The van der Waals surface area contributed by atoms with Crippen molar-refractivity contribution in [1.82, 2.24) is 0 Å². The monoisotopic (exact) mass is 388 g/mol. The van der Waals surface area contributed by atoms with E-state index in [2.05, 4.69) is 0 Å². The molecule has 152 valence electrons. The number of aryl methyl sites for hydroxylation is 1. The highest BCUT2D eigenvalue weighted by atomic mass is 16.5. The molecule has 0 aliphatic heterocycles. The molecular formula is C22H28O6. The van der Waals surface area contributed by atoms with Crippen molar-refractivity contribution in [2.75, 3.05) is 13.7 Å². The molecule has 0 bridgehead atoms. The second kappa shape index (κ2) is 8.92. The summed E-state index contributed by atoms with van der Waals surface area (Å²) in [5.41, 5.74) is 3.13. The van der Waals surface area contributed by atoms with Crippen LogP contribution in [0.15, 0.2) is 42.5 Å². The van der Waals surface area contributed by atoms with Gasteiger partial charge in [-0.25, -0.2) is 0 Å². The Hall–Kier alpha value is -2.12. The zero-order chi connectivity index (χ0) is 20.3. The lowest BCUT2D eigenvalue weighted by atomic mass is 9.81. The summed E-state index contributed by atoms with van der Waals surface area (Å²) in [6.45, 7) is 1.72. The van der Waals surface area contributed by atoms with E-state index in [4.69, 9.17) is 9.47 Å². The molecule has 0 amide bonds.